The molecule has 2 aliphatic heterocycles. The Kier molecular flexibility index (Phi) is 4.08. The van der Waals surface area contributed by atoms with Gasteiger partial charge in [-0.25, -0.2) is 0 Å². The van der Waals surface area contributed by atoms with Crippen LogP contribution in [0, 0.1) is 11.3 Å². The molecule has 0 amide bonds. The van der Waals surface area contributed by atoms with Crippen molar-refractivity contribution in [3.8, 4) is 0 Å². The molecule has 33 heavy (non-hydrogen) atoms. The van der Waals surface area contributed by atoms with Gasteiger partial charge in [0.05, 0.1) is 11.2 Å². The summed E-state index contributed by atoms with van der Waals surface area (Å²) in [7, 11) is 4.38. The predicted octanol–water partition coefficient (Wildman–Crippen LogP) is 6.18. The number of fused-ring (bicyclic) bond motifs is 2. The molecule has 2 aromatic rings. The summed E-state index contributed by atoms with van der Waals surface area (Å²) in [6, 6.07) is 9.64. The van der Waals surface area contributed by atoms with Gasteiger partial charge in [-0.3, -0.25) is 4.98 Å². The maximum atomic E-state index is 7.37. The van der Waals surface area contributed by atoms with Crippen molar-refractivity contribution >= 4 is 10.8 Å². The molecule has 170 valence electrons. The van der Waals surface area contributed by atoms with E-state index in [2.05, 4.69) is 79.5 Å². The summed E-state index contributed by atoms with van der Waals surface area (Å²) in [5, 5.41) is 2.54. The molecule has 0 radical (unpaired) electrons. The number of aromatic nitrogens is 1. The molecule has 3 nitrogen and oxygen atoms in total. The molecule has 1 aromatic carbocycles. The summed E-state index contributed by atoms with van der Waals surface area (Å²) >= 11 is 0. The summed E-state index contributed by atoms with van der Waals surface area (Å²) < 4.78 is 7.37. The van der Waals surface area contributed by atoms with Gasteiger partial charge in [0.2, 0.25) is 0 Å². The number of hydrogen-bond acceptors (Lipinski definition) is 3. The number of likely N-dealkylation sites (N-methyl/N-ethyl adjacent to an activating group) is 1. The predicted molar refractivity (Wildman–Crippen MR) is 133 cm³/mol. The molecule has 6 atom stereocenters. The highest BCUT2D eigenvalue weighted by Crippen LogP contribution is 2.69. The molecule has 5 aliphatic rings. The third kappa shape index (κ3) is 2.61. The van der Waals surface area contributed by atoms with Crippen molar-refractivity contribution in [3.05, 3.63) is 77.7 Å². The monoisotopic (exact) mass is 438 g/mol. The Hall–Kier alpha value is -2.23. The summed E-state index contributed by atoms with van der Waals surface area (Å²) in [5.74, 6) is 1.16. The average molecular weight is 439 g/mol. The van der Waals surface area contributed by atoms with Crippen molar-refractivity contribution in [3.63, 3.8) is 0 Å². The van der Waals surface area contributed by atoms with Crippen molar-refractivity contribution in [2.45, 2.75) is 68.6 Å². The fraction of sp³-hybridized carbons (Fsp3) is 0.500. The van der Waals surface area contributed by atoms with E-state index in [-0.39, 0.29) is 16.6 Å². The van der Waals surface area contributed by atoms with E-state index in [1.165, 1.54) is 46.7 Å². The van der Waals surface area contributed by atoms with E-state index in [0.717, 1.165) is 19.3 Å². The minimum atomic E-state index is -0.0916. The Labute approximate surface area is 197 Å². The van der Waals surface area contributed by atoms with Gasteiger partial charge in [0.15, 0.2) is 0 Å². The molecule has 3 aliphatic carbocycles. The topological polar surface area (TPSA) is 25.4 Å². The third-order valence-corrected chi connectivity index (χ3v) is 10.0. The quantitative estimate of drug-likeness (QED) is 0.560. The fourth-order valence-corrected chi connectivity index (χ4v) is 8.26. The number of rotatable bonds is 2. The van der Waals surface area contributed by atoms with Crippen LogP contribution >= 0.6 is 0 Å². The van der Waals surface area contributed by atoms with Crippen LogP contribution in [0.15, 0.2) is 72.1 Å². The van der Waals surface area contributed by atoms with Crippen molar-refractivity contribution < 1.29 is 4.74 Å². The average Bonchev–Trinajstić information content (AvgIpc) is 3.33. The summed E-state index contributed by atoms with van der Waals surface area (Å²) in [4.78, 5) is 6.71. The molecule has 1 aromatic heterocycles. The van der Waals surface area contributed by atoms with Gasteiger partial charge >= 0.3 is 0 Å². The molecule has 0 N–H and O–H groups in total. The highest BCUT2D eigenvalue weighted by atomic mass is 16.5. The van der Waals surface area contributed by atoms with Crippen LogP contribution < -0.4 is 0 Å². The summed E-state index contributed by atoms with van der Waals surface area (Å²) in [5.41, 5.74) is 4.44. The van der Waals surface area contributed by atoms with Crippen molar-refractivity contribution in [2.75, 3.05) is 14.1 Å². The second kappa shape index (κ2) is 6.67. The highest BCUT2D eigenvalue weighted by molar-refractivity contribution is 5.82. The van der Waals surface area contributed by atoms with Crippen LogP contribution in [0.25, 0.3) is 10.8 Å². The lowest BCUT2D eigenvalue weighted by Gasteiger charge is -2.54. The van der Waals surface area contributed by atoms with Crippen LogP contribution in [0.3, 0.4) is 0 Å². The van der Waals surface area contributed by atoms with Crippen LogP contribution in [-0.2, 0) is 4.74 Å². The molecule has 2 fully saturated rings. The zero-order valence-electron chi connectivity index (χ0n) is 20.1. The SMILES string of the molecule is CN(C)[C@@H]1C=CC2=CC3=CC[C@]4(C)[C@@H](c5ccc6ccncc6c5)CC[C@H]4[C@@]34CC[C@]2(C1)O4. The molecule has 2 bridgehead atoms. The third-order valence-electron chi connectivity index (χ3n) is 10.0. The number of allylic oxidation sites excluding steroid dienone is 1. The number of benzene rings is 1. The lowest BCUT2D eigenvalue weighted by Crippen LogP contribution is -2.54. The van der Waals surface area contributed by atoms with Crippen molar-refractivity contribution in [1.82, 2.24) is 9.88 Å². The number of nitrogens with zero attached hydrogens (tertiary/aromatic N) is 2. The van der Waals surface area contributed by atoms with Crippen LogP contribution in [-0.4, -0.2) is 41.2 Å². The first-order chi connectivity index (χ1) is 15.9. The Morgan fingerprint density at radius 2 is 1.97 bits per heavy atom. The Balaban J connectivity index is 1.29. The summed E-state index contributed by atoms with van der Waals surface area (Å²) in [6.07, 6.45) is 20.8. The number of hydrogen-bond donors (Lipinski definition) is 0. The van der Waals surface area contributed by atoms with E-state index < -0.39 is 0 Å². The van der Waals surface area contributed by atoms with Crippen LogP contribution in [0.4, 0.5) is 0 Å². The molecule has 1 saturated carbocycles. The van der Waals surface area contributed by atoms with Gasteiger partial charge in [-0.1, -0.05) is 43.4 Å². The largest absolute Gasteiger partial charge is 0.359 e. The Morgan fingerprint density at radius 1 is 1.06 bits per heavy atom. The first kappa shape index (κ1) is 20.2. The first-order valence-corrected chi connectivity index (χ1v) is 12.7. The van der Waals surface area contributed by atoms with Gasteiger partial charge in [0, 0.05) is 23.8 Å². The number of ether oxygens (including phenoxy) is 1. The molecule has 1 saturated heterocycles. The Bertz CT molecular complexity index is 1240. The minimum absolute atomic E-state index is 0.0913. The fourth-order valence-electron chi connectivity index (χ4n) is 8.26. The van der Waals surface area contributed by atoms with Crippen molar-refractivity contribution in [1.29, 1.82) is 0 Å². The van der Waals surface area contributed by atoms with Gasteiger partial charge in [-0.05, 0) is 104 Å². The highest BCUT2D eigenvalue weighted by Gasteiger charge is 2.66. The van der Waals surface area contributed by atoms with Gasteiger partial charge in [-0.15, -0.1) is 0 Å². The molecule has 0 unspecified atom stereocenters. The van der Waals surface area contributed by atoms with E-state index in [9.17, 15) is 0 Å². The summed E-state index contributed by atoms with van der Waals surface area (Å²) in [6.45, 7) is 2.56. The lowest BCUT2D eigenvalue weighted by molar-refractivity contribution is -0.132. The molecule has 3 heterocycles. The molecular formula is C30H34N2O. The van der Waals surface area contributed by atoms with E-state index >= 15 is 0 Å². The van der Waals surface area contributed by atoms with Crippen LogP contribution in [0.5, 0.6) is 0 Å². The van der Waals surface area contributed by atoms with Gasteiger partial charge in [0.25, 0.3) is 0 Å². The second-order valence-corrected chi connectivity index (χ2v) is 11.7. The van der Waals surface area contributed by atoms with Gasteiger partial charge in [-0.2, -0.15) is 0 Å². The van der Waals surface area contributed by atoms with E-state index in [1.807, 2.05) is 12.4 Å². The van der Waals surface area contributed by atoms with E-state index in [0.29, 0.717) is 17.9 Å². The smallest absolute Gasteiger partial charge is 0.0975 e. The normalized spacial score (nSPS) is 40.9. The van der Waals surface area contributed by atoms with E-state index in [4.69, 9.17) is 4.74 Å². The first-order valence-electron chi connectivity index (χ1n) is 12.7. The molecule has 3 heteroatoms. The van der Waals surface area contributed by atoms with Crippen LogP contribution in [0.1, 0.15) is 56.9 Å². The second-order valence-electron chi connectivity index (χ2n) is 11.7. The zero-order chi connectivity index (χ0) is 22.4. The lowest BCUT2D eigenvalue weighted by atomic mass is 9.58. The van der Waals surface area contributed by atoms with Gasteiger partial charge < -0.3 is 9.64 Å². The van der Waals surface area contributed by atoms with Gasteiger partial charge in [0.1, 0.15) is 0 Å². The molecule has 2 spiro atoms. The van der Waals surface area contributed by atoms with Crippen molar-refractivity contribution in [2.24, 2.45) is 11.3 Å². The Morgan fingerprint density at radius 3 is 2.85 bits per heavy atom. The zero-order valence-corrected chi connectivity index (χ0v) is 20.1. The van der Waals surface area contributed by atoms with E-state index in [1.54, 1.807) is 0 Å². The molecular weight excluding hydrogens is 404 g/mol. The maximum absolute atomic E-state index is 7.37. The van der Waals surface area contributed by atoms with Crippen LogP contribution in [0.2, 0.25) is 0 Å². The standard InChI is InChI=1S/C30H34N2O/c1-28-12-10-24-17-23-6-7-25(32(2)3)18-29(23)13-14-30(24,33-29)27(28)9-8-26(28)21-5-4-20-11-15-31-19-22(20)16-21/h4-7,10-11,15-17,19,25-27H,8-9,12-14,18H2,1-3H3/t25-,26-,27-,28-,29-,30-/m1/s1. The minimum Gasteiger partial charge on any atom is -0.359 e. The molecule has 7 rings (SSSR count). The maximum Gasteiger partial charge on any atom is 0.0975 e. The number of pyridine rings is 1.